The Bertz CT molecular complexity index is 1100. The Balaban J connectivity index is 2.28. The van der Waals surface area contributed by atoms with Crippen molar-refractivity contribution in [2.45, 2.75) is 15.0 Å². The highest BCUT2D eigenvalue weighted by Crippen LogP contribution is 2.48. The molecule has 1 aliphatic heterocycles. The minimum atomic E-state index is -4.18. The van der Waals surface area contributed by atoms with Gasteiger partial charge in [-0.3, -0.25) is 10.1 Å². The lowest BCUT2D eigenvalue weighted by atomic mass is 10.1. The number of nitro benzene ring substituents is 1. The van der Waals surface area contributed by atoms with E-state index in [0.29, 0.717) is 0 Å². The molecule has 1 aliphatic rings. The fourth-order valence-electron chi connectivity index (χ4n) is 3.02. The third-order valence-corrected chi connectivity index (χ3v) is 8.26. The molecule has 1 atom stereocenters. The molecule has 0 radical (unpaired) electrons. The van der Waals surface area contributed by atoms with E-state index in [1.165, 1.54) is 24.3 Å². The van der Waals surface area contributed by atoms with Crippen LogP contribution in [-0.4, -0.2) is 40.7 Å². The van der Waals surface area contributed by atoms with Crippen molar-refractivity contribution >= 4 is 25.4 Å². The van der Waals surface area contributed by atoms with Crippen molar-refractivity contribution < 1.29 is 26.5 Å². The summed E-state index contributed by atoms with van der Waals surface area (Å²) in [6, 6.07) is 9.53. The molecule has 2 N–H and O–H groups in total. The molecule has 0 fully saturated rings. The summed E-state index contributed by atoms with van der Waals surface area (Å²) in [5, 5.41) is 10.1. The lowest BCUT2D eigenvalue weighted by Gasteiger charge is -2.14. The maximum absolute atomic E-state index is 13.0. The lowest BCUT2D eigenvalue weighted by Crippen LogP contribution is -2.17. The maximum Gasteiger partial charge on any atom is 0.316 e. The van der Waals surface area contributed by atoms with E-state index < -0.39 is 41.3 Å². The van der Waals surface area contributed by atoms with Crippen molar-refractivity contribution in [2.75, 3.05) is 18.9 Å². The van der Waals surface area contributed by atoms with Gasteiger partial charge in [0.15, 0.2) is 25.4 Å². The Hall–Kier alpha value is -2.50. The highest BCUT2D eigenvalue weighted by Gasteiger charge is 2.48. The number of ether oxygens (including phenoxy) is 1. The average Bonchev–Trinajstić information content (AvgIpc) is 2.92. The molecule has 27 heavy (non-hydrogen) atoms. The average molecular weight is 412 g/mol. The predicted octanol–water partition coefficient (Wildman–Crippen LogP) is 1.23. The summed E-state index contributed by atoms with van der Waals surface area (Å²) >= 11 is 0. The summed E-state index contributed by atoms with van der Waals surface area (Å²) in [4.78, 5) is 10.4. The normalized spacial score (nSPS) is 18.0. The van der Waals surface area contributed by atoms with Gasteiger partial charge in [-0.2, -0.15) is 0 Å². The van der Waals surface area contributed by atoms with Crippen LogP contribution < -0.4 is 10.5 Å². The second-order valence-corrected chi connectivity index (χ2v) is 9.98. The smallest absolute Gasteiger partial charge is 0.316 e. The fourth-order valence-corrected chi connectivity index (χ4v) is 7.35. The van der Waals surface area contributed by atoms with Crippen LogP contribution in [0.5, 0.6) is 5.75 Å². The zero-order valence-corrected chi connectivity index (χ0v) is 15.6. The van der Waals surface area contributed by atoms with E-state index in [2.05, 4.69) is 0 Å². The topological polar surface area (TPSA) is 147 Å². The third-order valence-electron chi connectivity index (χ3n) is 4.17. The summed E-state index contributed by atoms with van der Waals surface area (Å²) in [5.74, 6) is -0.977. The Labute approximate surface area is 155 Å². The molecule has 0 bridgehead atoms. The van der Waals surface area contributed by atoms with Crippen molar-refractivity contribution in [1.29, 1.82) is 0 Å². The van der Waals surface area contributed by atoms with Crippen molar-refractivity contribution in [3.63, 3.8) is 0 Å². The van der Waals surface area contributed by atoms with Crippen molar-refractivity contribution in [2.24, 2.45) is 5.73 Å². The van der Waals surface area contributed by atoms with Crippen LogP contribution in [0.3, 0.4) is 0 Å². The van der Waals surface area contributed by atoms with Gasteiger partial charge >= 0.3 is 5.69 Å². The SMILES string of the molecule is NCCOc1ccc2c(c1[N+](=O)[O-])C(S(=O)(=O)c1ccccc1)CS2(=O)=O. The van der Waals surface area contributed by atoms with Crippen LogP contribution in [0, 0.1) is 10.1 Å². The number of hydrogen-bond donors (Lipinski definition) is 1. The van der Waals surface area contributed by atoms with E-state index in [1.807, 2.05) is 0 Å². The number of nitro groups is 1. The first kappa shape index (κ1) is 19.3. The van der Waals surface area contributed by atoms with E-state index in [-0.39, 0.29) is 34.3 Å². The number of fused-ring (bicyclic) bond motifs is 1. The number of sulfone groups is 2. The van der Waals surface area contributed by atoms with Crippen LogP contribution in [0.4, 0.5) is 5.69 Å². The Kier molecular flexibility index (Phi) is 4.93. The van der Waals surface area contributed by atoms with E-state index >= 15 is 0 Å². The molecular weight excluding hydrogens is 396 g/mol. The molecule has 0 saturated heterocycles. The molecule has 11 heteroatoms. The second-order valence-electron chi connectivity index (χ2n) is 5.85. The summed E-state index contributed by atoms with van der Waals surface area (Å²) in [6.07, 6.45) is 0. The number of benzene rings is 2. The number of hydrogen-bond acceptors (Lipinski definition) is 8. The van der Waals surface area contributed by atoms with Gasteiger partial charge in [0.25, 0.3) is 0 Å². The van der Waals surface area contributed by atoms with Crippen molar-refractivity contribution in [1.82, 2.24) is 0 Å². The van der Waals surface area contributed by atoms with Crippen LogP contribution in [0.2, 0.25) is 0 Å². The monoisotopic (exact) mass is 412 g/mol. The van der Waals surface area contributed by atoms with Gasteiger partial charge in [0.2, 0.25) is 0 Å². The van der Waals surface area contributed by atoms with Crippen LogP contribution in [0.25, 0.3) is 0 Å². The molecule has 0 spiro atoms. The lowest BCUT2D eigenvalue weighted by molar-refractivity contribution is -0.386. The van der Waals surface area contributed by atoms with Crippen molar-refractivity contribution in [3.05, 3.63) is 58.1 Å². The first-order chi connectivity index (χ1) is 12.7. The van der Waals surface area contributed by atoms with Crippen LogP contribution in [0.1, 0.15) is 10.8 Å². The molecule has 9 nitrogen and oxygen atoms in total. The van der Waals surface area contributed by atoms with E-state index in [9.17, 15) is 26.9 Å². The first-order valence-electron chi connectivity index (χ1n) is 7.86. The van der Waals surface area contributed by atoms with Crippen LogP contribution >= 0.6 is 0 Å². The van der Waals surface area contributed by atoms with Gasteiger partial charge < -0.3 is 10.5 Å². The standard InChI is InChI=1S/C16H16N2O7S2/c17-8-9-25-12-6-7-13-15(16(12)18(19)20)14(10-26(13,21)22)27(23,24)11-4-2-1-3-5-11/h1-7,14H,8-10,17H2. The van der Waals surface area contributed by atoms with Gasteiger partial charge in [-0.15, -0.1) is 0 Å². The molecule has 0 aliphatic carbocycles. The second kappa shape index (κ2) is 6.91. The molecule has 0 aromatic heterocycles. The summed E-state index contributed by atoms with van der Waals surface area (Å²) in [5.41, 5.74) is 4.32. The van der Waals surface area contributed by atoms with Crippen molar-refractivity contribution in [3.8, 4) is 5.75 Å². The molecule has 1 unspecified atom stereocenters. The van der Waals surface area contributed by atoms with E-state index in [4.69, 9.17) is 10.5 Å². The highest BCUT2D eigenvalue weighted by atomic mass is 32.2. The molecule has 2 aromatic carbocycles. The summed E-state index contributed by atoms with van der Waals surface area (Å²) in [7, 11) is -8.18. The fraction of sp³-hybridized carbons (Fsp3) is 0.250. The zero-order valence-electron chi connectivity index (χ0n) is 13.9. The Morgan fingerprint density at radius 3 is 2.44 bits per heavy atom. The summed E-state index contributed by atoms with van der Waals surface area (Å²) in [6.45, 7) is 0.0424. The molecule has 0 amide bonds. The Morgan fingerprint density at radius 1 is 1.19 bits per heavy atom. The molecular formula is C16H16N2O7S2. The van der Waals surface area contributed by atoms with Gasteiger partial charge in [-0.05, 0) is 24.3 Å². The predicted molar refractivity (Wildman–Crippen MR) is 96.1 cm³/mol. The largest absolute Gasteiger partial charge is 0.485 e. The Morgan fingerprint density at radius 2 is 1.85 bits per heavy atom. The van der Waals surface area contributed by atoms with Gasteiger partial charge in [0.05, 0.1) is 26.0 Å². The van der Waals surface area contributed by atoms with Gasteiger partial charge in [0, 0.05) is 6.54 Å². The summed E-state index contributed by atoms with van der Waals surface area (Å²) < 4.78 is 56.3. The van der Waals surface area contributed by atoms with E-state index in [0.717, 1.165) is 12.1 Å². The molecule has 2 aromatic rings. The third kappa shape index (κ3) is 3.29. The van der Waals surface area contributed by atoms with Crippen LogP contribution in [0.15, 0.2) is 52.3 Å². The molecule has 144 valence electrons. The molecule has 1 heterocycles. The van der Waals surface area contributed by atoms with Gasteiger partial charge in [0.1, 0.15) is 11.9 Å². The van der Waals surface area contributed by atoms with Gasteiger partial charge in [-0.1, -0.05) is 18.2 Å². The molecule has 0 saturated carbocycles. The minimum Gasteiger partial charge on any atom is -0.485 e. The van der Waals surface area contributed by atoms with E-state index in [1.54, 1.807) is 6.07 Å². The minimum absolute atomic E-state index is 0.0392. The number of nitrogens with two attached hydrogens (primary N) is 1. The highest BCUT2D eigenvalue weighted by molar-refractivity contribution is 7.96. The first-order valence-corrected chi connectivity index (χ1v) is 11.1. The number of nitrogens with zero attached hydrogens (tertiary/aromatic N) is 1. The van der Waals surface area contributed by atoms with Gasteiger partial charge in [-0.25, -0.2) is 16.8 Å². The maximum atomic E-state index is 13.0. The zero-order chi connectivity index (χ0) is 19.8. The molecule has 3 rings (SSSR count). The number of rotatable bonds is 6. The quantitative estimate of drug-likeness (QED) is 0.550. The van der Waals surface area contributed by atoms with Crippen LogP contribution in [-0.2, 0) is 19.7 Å².